The van der Waals surface area contributed by atoms with E-state index in [1.165, 1.54) is 11.1 Å². The van der Waals surface area contributed by atoms with Crippen LogP contribution in [0.15, 0.2) is 65.7 Å². The number of hydrogen-bond donors (Lipinski definition) is 2. The van der Waals surface area contributed by atoms with Crippen molar-refractivity contribution >= 4 is 5.96 Å². The highest BCUT2D eigenvalue weighted by molar-refractivity contribution is 5.77. The Kier molecular flexibility index (Phi) is 6.45. The van der Waals surface area contributed by atoms with Crippen molar-refractivity contribution in [2.24, 2.45) is 10.7 Å². The smallest absolute Gasteiger partial charge is 0.188 e. The summed E-state index contributed by atoms with van der Waals surface area (Å²) in [5.41, 5.74) is 8.38. The number of nitrogens with zero attached hydrogens (tertiary/aromatic N) is 1. The number of benzene rings is 2. The second-order valence-electron chi connectivity index (χ2n) is 5.02. The van der Waals surface area contributed by atoms with Gasteiger partial charge in [0.25, 0.3) is 0 Å². The Hall–Kier alpha value is -2.33. The van der Waals surface area contributed by atoms with Gasteiger partial charge in [0.15, 0.2) is 5.96 Å². The van der Waals surface area contributed by atoms with E-state index in [0.29, 0.717) is 25.7 Å². The van der Waals surface area contributed by atoms with E-state index >= 15 is 0 Å². The highest BCUT2D eigenvalue weighted by Crippen LogP contribution is 2.24. The van der Waals surface area contributed by atoms with Gasteiger partial charge in [-0.2, -0.15) is 0 Å². The molecule has 22 heavy (non-hydrogen) atoms. The quantitative estimate of drug-likeness (QED) is 0.468. The maximum atomic E-state index is 5.90. The Morgan fingerprint density at radius 2 is 1.59 bits per heavy atom. The van der Waals surface area contributed by atoms with Gasteiger partial charge in [-0.3, -0.25) is 4.99 Å². The molecular formula is C18H23N3O. The van der Waals surface area contributed by atoms with E-state index < -0.39 is 0 Å². The molecule has 0 saturated carbocycles. The first-order valence-electron chi connectivity index (χ1n) is 7.44. The van der Waals surface area contributed by atoms with Crippen LogP contribution in [0.4, 0.5) is 0 Å². The third kappa shape index (κ3) is 4.90. The van der Waals surface area contributed by atoms with Crippen LogP contribution in [-0.2, 0) is 4.74 Å². The molecule has 2 aromatic carbocycles. The molecule has 2 rings (SSSR count). The van der Waals surface area contributed by atoms with Crippen molar-refractivity contribution in [2.75, 3.05) is 26.8 Å². The summed E-state index contributed by atoms with van der Waals surface area (Å²) >= 11 is 0. The first kappa shape index (κ1) is 16.0. The zero-order valence-corrected chi connectivity index (χ0v) is 12.9. The summed E-state index contributed by atoms with van der Waals surface area (Å²) in [5, 5.41) is 3.04. The molecule has 0 fully saturated rings. The van der Waals surface area contributed by atoms with Gasteiger partial charge in [0.2, 0.25) is 0 Å². The van der Waals surface area contributed by atoms with Crippen molar-refractivity contribution in [3.8, 4) is 0 Å². The lowest BCUT2D eigenvalue weighted by Crippen LogP contribution is -2.34. The monoisotopic (exact) mass is 297 g/mol. The van der Waals surface area contributed by atoms with Crippen LogP contribution in [0, 0.1) is 0 Å². The minimum Gasteiger partial charge on any atom is -0.383 e. The van der Waals surface area contributed by atoms with Crippen LogP contribution in [0.2, 0.25) is 0 Å². The first-order chi connectivity index (χ1) is 10.8. The fourth-order valence-corrected chi connectivity index (χ4v) is 2.30. The van der Waals surface area contributed by atoms with Gasteiger partial charge < -0.3 is 15.8 Å². The third-order valence-corrected chi connectivity index (χ3v) is 3.46. The van der Waals surface area contributed by atoms with Crippen molar-refractivity contribution < 1.29 is 4.74 Å². The maximum Gasteiger partial charge on any atom is 0.188 e. The minimum atomic E-state index is 0.199. The Balaban J connectivity index is 2.11. The molecule has 0 aromatic heterocycles. The van der Waals surface area contributed by atoms with E-state index in [1.807, 2.05) is 12.1 Å². The Labute approximate surface area is 132 Å². The molecule has 0 amide bonds. The zero-order valence-electron chi connectivity index (χ0n) is 12.9. The second-order valence-corrected chi connectivity index (χ2v) is 5.02. The van der Waals surface area contributed by atoms with Crippen molar-refractivity contribution in [2.45, 2.75) is 5.92 Å². The number of hydrogen-bond acceptors (Lipinski definition) is 2. The van der Waals surface area contributed by atoms with Crippen LogP contribution in [0.5, 0.6) is 0 Å². The summed E-state index contributed by atoms with van der Waals surface area (Å²) in [5.74, 6) is 0.652. The van der Waals surface area contributed by atoms with Crippen molar-refractivity contribution in [3.63, 3.8) is 0 Å². The average molecular weight is 297 g/mol. The van der Waals surface area contributed by atoms with Crippen molar-refractivity contribution in [3.05, 3.63) is 71.8 Å². The van der Waals surface area contributed by atoms with E-state index in [0.717, 1.165) is 0 Å². The predicted octanol–water partition coefficient (Wildman–Crippen LogP) is 2.37. The van der Waals surface area contributed by atoms with E-state index in [9.17, 15) is 0 Å². The summed E-state index contributed by atoms with van der Waals surface area (Å²) in [4.78, 5) is 4.48. The number of rotatable bonds is 7. The number of nitrogens with two attached hydrogens (primary N) is 1. The fraction of sp³-hybridized carbons (Fsp3) is 0.278. The fourth-order valence-electron chi connectivity index (χ4n) is 2.30. The van der Waals surface area contributed by atoms with Crippen LogP contribution >= 0.6 is 0 Å². The van der Waals surface area contributed by atoms with Crippen molar-refractivity contribution in [1.82, 2.24) is 5.32 Å². The molecule has 0 saturated heterocycles. The summed E-state index contributed by atoms with van der Waals surface area (Å²) in [6.45, 7) is 1.88. The van der Waals surface area contributed by atoms with Gasteiger partial charge in [0.05, 0.1) is 13.2 Å². The van der Waals surface area contributed by atoms with Crippen LogP contribution in [0.1, 0.15) is 17.0 Å². The molecule has 2 aromatic rings. The normalized spacial score (nSPS) is 11.6. The number of nitrogens with one attached hydrogen (secondary N) is 1. The van der Waals surface area contributed by atoms with Gasteiger partial charge >= 0.3 is 0 Å². The SMILES string of the molecule is COCCNC(N)=NCC(c1ccccc1)c1ccccc1. The van der Waals surface area contributed by atoms with Crippen LogP contribution in [-0.4, -0.2) is 32.8 Å². The maximum absolute atomic E-state index is 5.90. The Morgan fingerprint density at radius 3 is 2.09 bits per heavy atom. The van der Waals surface area contributed by atoms with E-state index in [-0.39, 0.29) is 5.92 Å². The van der Waals surface area contributed by atoms with Gasteiger partial charge in [-0.25, -0.2) is 0 Å². The summed E-state index contributed by atoms with van der Waals surface area (Å²) in [6, 6.07) is 20.8. The predicted molar refractivity (Wildman–Crippen MR) is 91.1 cm³/mol. The number of methoxy groups -OCH3 is 1. The molecule has 0 radical (unpaired) electrons. The van der Waals surface area contributed by atoms with Crippen LogP contribution < -0.4 is 11.1 Å². The topological polar surface area (TPSA) is 59.6 Å². The average Bonchev–Trinajstić information content (AvgIpc) is 2.57. The third-order valence-electron chi connectivity index (χ3n) is 3.46. The molecular weight excluding hydrogens is 274 g/mol. The largest absolute Gasteiger partial charge is 0.383 e. The second kappa shape index (κ2) is 8.85. The number of guanidine groups is 1. The molecule has 4 heteroatoms. The Bertz CT molecular complexity index is 530. The molecule has 0 aliphatic carbocycles. The van der Waals surface area contributed by atoms with E-state index in [1.54, 1.807) is 7.11 Å². The molecule has 0 unspecified atom stereocenters. The molecule has 0 atom stereocenters. The molecule has 4 nitrogen and oxygen atoms in total. The summed E-state index contributed by atoms with van der Waals surface area (Å²) in [6.07, 6.45) is 0. The van der Waals surface area contributed by atoms with Gasteiger partial charge in [-0.05, 0) is 11.1 Å². The lowest BCUT2D eigenvalue weighted by Gasteiger charge is -2.16. The molecule has 116 valence electrons. The minimum absolute atomic E-state index is 0.199. The van der Waals surface area contributed by atoms with Crippen molar-refractivity contribution in [1.29, 1.82) is 0 Å². The van der Waals surface area contributed by atoms with E-state index in [2.05, 4.69) is 58.8 Å². The molecule has 0 bridgehead atoms. The highest BCUT2D eigenvalue weighted by atomic mass is 16.5. The molecule has 0 aliphatic rings. The van der Waals surface area contributed by atoms with Gasteiger partial charge in [0, 0.05) is 19.6 Å². The molecule has 0 spiro atoms. The van der Waals surface area contributed by atoms with Gasteiger partial charge in [-0.1, -0.05) is 60.7 Å². The number of ether oxygens (including phenoxy) is 1. The lowest BCUT2D eigenvalue weighted by atomic mass is 9.91. The van der Waals surface area contributed by atoms with Gasteiger partial charge in [-0.15, -0.1) is 0 Å². The lowest BCUT2D eigenvalue weighted by molar-refractivity contribution is 0.204. The zero-order chi connectivity index (χ0) is 15.6. The molecule has 3 N–H and O–H groups in total. The summed E-state index contributed by atoms with van der Waals surface area (Å²) in [7, 11) is 1.66. The molecule has 0 heterocycles. The van der Waals surface area contributed by atoms with Gasteiger partial charge in [0.1, 0.15) is 0 Å². The first-order valence-corrected chi connectivity index (χ1v) is 7.44. The summed E-state index contributed by atoms with van der Waals surface area (Å²) < 4.78 is 4.98. The standard InChI is InChI=1S/C18H23N3O/c1-22-13-12-20-18(19)21-14-17(15-8-4-2-5-9-15)16-10-6-3-7-11-16/h2-11,17H,12-14H2,1H3,(H3,19,20,21). The Morgan fingerprint density at radius 1 is 1.05 bits per heavy atom. The van der Waals surface area contributed by atoms with Crippen LogP contribution in [0.25, 0.3) is 0 Å². The van der Waals surface area contributed by atoms with Crippen LogP contribution in [0.3, 0.4) is 0 Å². The highest BCUT2D eigenvalue weighted by Gasteiger charge is 2.13. The van der Waals surface area contributed by atoms with E-state index in [4.69, 9.17) is 10.5 Å². The number of aliphatic imine (C=N–C) groups is 1. The molecule has 0 aliphatic heterocycles.